The van der Waals surface area contributed by atoms with Crippen LogP contribution in [-0.4, -0.2) is 18.9 Å². The van der Waals surface area contributed by atoms with Crippen molar-refractivity contribution in [1.82, 2.24) is 0 Å². The third-order valence-corrected chi connectivity index (χ3v) is 1.20. The van der Waals surface area contributed by atoms with Gasteiger partial charge in [-0.05, 0) is 6.42 Å². The van der Waals surface area contributed by atoms with Crippen molar-refractivity contribution < 1.29 is 4.74 Å². The van der Waals surface area contributed by atoms with E-state index in [0.29, 0.717) is 18.2 Å². The zero-order valence-corrected chi connectivity index (χ0v) is 6.56. The molecule has 0 unspecified atom stereocenters. The van der Waals surface area contributed by atoms with Gasteiger partial charge in [-0.1, -0.05) is 0 Å². The first-order valence-electron chi connectivity index (χ1n) is 2.90. The molecule has 0 aromatic heterocycles. The molecule has 0 aromatic rings. The Bertz CT molecular complexity index is 150. The number of methoxy groups -OCH3 is 1. The topological polar surface area (TPSA) is 45.4 Å². The first-order chi connectivity index (χ1) is 4.85. The van der Waals surface area contributed by atoms with Crippen LogP contribution in [0.15, 0.2) is 4.99 Å². The SMILES string of the molecule is CO/C(CCCCl)=N\C#N. The summed E-state index contributed by atoms with van der Waals surface area (Å²) in [5, 5.41) is 8.12. The highest BCUT2D eigenvalue weighted by Gasteiger charge is 1.95. The minimum absolute atomic E-state index is 0.447. The third-order valence-electron chi connectivity index (χ3n) is 0.935. The van der Waals surface area contributed by atoms with Gasteiger partial charge < -0.3 is 4.74 Å². The summed E-state index contributed by atoms with van der Waals surface area (Å²) in [6.45, 7) is 0. The van der Waals surface area contributed by atoms with Crippen LogP contribution in [0, 0.1) is 11.5 Å². The summed E-state index contributed by atoms with van der Waals surface area (Å²) < 4.78 is 4.76. The molecule has 0 aromatic carbocycles. The molecular formula is C6H9ClN2O. The van der Waals surface area contributed by atoms with E-state index in [1.165, 1.54) is 7.11 Å². The Kier molecular flexibility index (Phi) is 5.89. The molecule has 10 heavy (non-hydrogen) atoms. The molecule has 0 atom stereocenters. The molecule has 56 valence electrons. The van der Waals surface area contributed by atoms with Crippen molar-refractivity contribution in [3.8, 4) is 6.19 Å². The number of nitrogens with zero attached hydrogens (tertiary/aromatic N) is 2. The zero-order valence-electron chi connectivity index (χ0n) is 5.80. The first-order valence-corrected chi connectivity index (χ1v) is 3.44. The van der Waals surface area contributed by atoms with Crippen LogP contribution < -0.4 is 0 Å². The summed E-state index contributed by atoms with van der Waals surface area (Å²) in [4.78, 5) is 3.42. The summed E-state index contributed by atoms with van der Waals surface area (Å²) in [6.07, 6.45) is 3.07. The Morgan fingerprint density at radius 1 is 1.80 bits per heavy atom. The molecule has 0 saturated heterocycles. The van der Waals surface area contributed by atoms with Crippen molar-refractivity contribution in [2.24, 2.45) is 4.99 Å². The van der Waals surface area contributed by atoms with Crippen molar-refractivity contribution >= 4 is 17.5 Å². The normalized spacial score (nSPS) is 10.7. The monoisotopic (exact) mass is 160 g/mol. The number of nitriles is 1. The van der Waals surface area contributed by atoms with E-state index < -0.39 is 0 Å². The fraction of sp³-hybridized carbons (Fsp3) is 0.667. The Balaban J connectivity index is 3.63. The molecule has 3 nitrogen and oxygen atoms in total. The fourth-order valence-electron chi connectivity index (χ4n) is 0.477. The van der Waals surface area contributed by atoms with E-state index in [0.717, 1.165) is 6.42 Å². The van der Waals surface area contributed by atoms with E-state index in [-0.39, 0.29) is 0 Å². The number of aliphatic imine (C=N–C) groups is 1. The van der Waals surface area contributed by atoms with Crippen molar-refractivity contribution in [2.45, 2.75) is 12.8 Å². The highest BCUT2D eigenvalue weighted by atomic mass is 35.5. The molecule has 0 radical (unpaired) electrons. The Morgan fingerprint density at radius 2 is 2.50 bits per heavy atom. The van der Waals surface area contributed by atoms with Crippen LogP contribution in [0.2, 0.25) is 0 Å². The smallest absolute Gasteiger partial charge is 0.208 e. The first kappa shape index (κ1) is 9.25. The fourth-order valence-corrected chi connectivity index (χ4v) is 0.611. The predicted molar refractivity (Wildman–Crippen MR) is 40.0 cm³/mol. The van der Waals surface area contributed by atoms with Gasteiger partial charge in [0.25, 0.3) is 0 Å². The number of rotatable bonds is 3. The number of hydrogen-bond acceptors (Lipinski definition) is 3. The predicted octanol–water partition coefficient (Wildman–Crippen LogP) is 1.53. The lowest BCUT2D eigenvalue weighted by atomic mass is 10.3. The molecule has 0 aliphatic carbocycles. The van der Waals surface area contributed by atoms with E-state index in [9.17, 15) is 0 Å². The van der Waals surface area contributed by atoms with Gasteiger partial charge in [-0.15, -0.1) is 16.6 Å². The largest absolute Gasteiger partial charge is 0.484 e. The molecule has 4 heteroatoms. The van der Waals surface area contributed by atoms with Gasteiger partial charge in [0.1, 0.15) is 0 Å². The molecule has 0 aliphatic rings. The van der Waals surface area contributed by atoms with Gasteiger partial charge in [0.2, 0.25) is 6.19 Å². The second-order valence-corrected chi connectivity index (χ2v) is 1.98. The second-order valence-electron chi connectivity index (χ2n) is 1.60. The van der Waals surface area contributed by atoms with E-state index in [2.05, 4.69) is 4.99 Å². The van der Waals surface area contributed by atoms with Gasteiger partial charge >= 0.3 is 0 Å². The molecular weight excluding hydrogens is 152 g/mol. The van der Waals surface area contributed by atoms with Crippen LogP contribution in [0.1, 0.15) is 12.8 Å². The van der Waals surface area contributed by atoms with Crippen LogP contribution in [0.4, 0.5) is 0 Å². The second kappa shape index (κ2) is 6.37. The van der Waals surface area contributed by atoms with Crippen molar-refractivity contribution in [3.05, 3.63) is 0 Å². The molecule has 0 amide bonds. The van der Waals surface area contributed by atoms with Gasteiger partial charge in [0.05, 0.1) is 7.11 Å². The minimum Gasteiger partial charge on any atom is -0.484 e. The standard InChI is InChI=1S/C6H9ClN2O/c1-10-6(9-5-8)3-2-4-7/h2-4H2,1H3/b9-6-. The Hall–Kier alpha value is -0.750. The highest BCUT2D eigenvalue weighted by molar-refractivity contribution is 6.17. The van der Waals surface area contributed by atoms with E-state index >= 15 is 0 Å². The third kappa shape index (κ3) is 4.16. The van der Waals surface area contributed by atoms with Crippen molar-refractivity contribution in [2.75, 3.05) is 13.0 Å². The summed E-state index contributed by atoms with van der Waals surface area (Å²) >= 11 is 5.41. The maximum atomic E-state index is 8.12. The maximum Gasteiger partial charge on any atom is 0.208 e. The summed E-state index contributed by atoms with van der Waals surface area (Å²) in [5.74, 6) is 1.01. The minimum atomic E-state index is 0.447. The Labute approximate surface area is 65.3 Å². The van der Waals surface area contributed by atoms with Gasteiger partial charge in [0, 0.05) is 12.3 Å². The molecule has 0 fully saturated rings. The molecule has 0 heterocycles. The average Bonchev–Trinajstić information content (AvgIpc) is 1.98. The molecule has 0 rings (SSSR count). The maximum absolute atomic E-state index is 8.12. The van der Waals surface area contributed by atoms with Crippen LogP contribution >= 0.6 is 11.6 Å². The zero-order chi connectivity index (χ0) is 7.82. The number of alkyl halides is 1. The summed E-state index contributed by atoms with van der Waals surface area (Å²) in [6, 6.07) is 0. The quantitative estimate of drug-likeness (QED) is 0.272. The van der Waals surface area contributed by atoms with Crippen LogP contribution in [0.25, 0.3) is 0 Å². The lowest BCUT2D eigenvalue weighted by Gasteiger charge is -1.98. The summed E-state index contributed by atoms with van der Waals surface area (Å²) in [5.41, 5.74) is 0. The molecule has 0 bridgehead atoms. The lowest BCUT2D eigenvalue weighted by molar-refractivity contribution is 0.390. The van der Waals surface area contributed by atoms with Crippen LogP contribution in [0.5, 0.6) is 0 Å². The van der Waals surface area contributed by atoms with Crippen molar-refractivity contribution in [3.63, 3.8) is 0 Å². The van der Waals surface area contributed by atoms with E-state index in [4.69, 9.17) is 21.6 Å². The average molecular weight is 161 g/mol. The number of hydrogen-bond donors (Lipinski definition) is 0. The van der Waals surface area contributed by atoms with Gasteiger partial charge in [-0.2, -0.15) is 5.26 Å². The van der Waals surface area contributed by atoms with Gasteiger partial charge in [-0.3, -0.25) is 0 Å². The Morgan fingerprint density at radius 3 is 2.90 bits per heavy atom. The highest BCUT2D eigenvalue weighted by Crippen LogP contribution is 1.95. The number of halogens is 1. The van der Waals surface area contributed by atoms with Crippen LogP contribution in [0.3, 0.4) is 0 Å². The van der Waals surface area contributed by atoms with E-state index in [1.54, 1.807) is 6.19 Å². The van der Waals surface area contributed by atoms with Crippen molar-refractivity contribution in [1.29, 1.82) is 5.26 Å². The van der Waals surface area contributed by atoms with Gasteiger partial charge in [0.15, 0.2) is 5.90 Å². The lowest BCUT2D eigenvalue weighted by Crippen LogP contribution is -2.00. The van der Waals surface area contributed by atoms with Gasteiger partial charge in [-0.25, -0.2) is 0 Å². The van der Waals surface area contributed by atoms with E-state index in [1.807, 2.05) is 0 Å². The molecule has 0 aliphatic heterocycles. The molecule has 0 N–H and O–H groups in total. The molecule has 0 saturated carbocycles. The van der Waals surface area contributed by atoms with Crippen LogP contribution in [-0.2, 0) is 4.74 Å². The molecule has 0 spiro atoms. The number of ether oxygens (including phenoxy) is 1. The summed E-state index contributed by atoms with van der Waals surface area (Å²) in [7, 11) is 1.49.